The topological polar surface area (TPSA) is 53.0 Å². The smallest absolute Gasteiger partial charge is 0.245 e. The summed E-state index contributed by atoms with van der Waals surface area (Å²) in [5, 5.41) is 10.9. The highest BCUT2D eigenvalue weighted by Crippen LogP contribution is 2.47. The summed E-state index contributed by atoms with van der Waals surface area (Å²) >= 11 is 1.70. The van der Waals surface area contributed by atoms with Crippen LogP contribution in [-0.4, -0.2) is 47.8 Å². The summed E-state index contributed by atoms with van der Waals surface area (Å²) in [6.07, 6.45) is 1.16. The van der Waals surface area contributed by atoms with Crippen LogP contribution in [0.5, 0.6) is 5.75 Å². The molecule has 0 aromatic heterocycles. The zero-order chi connectivity index (χ0) is 22.0. The summed E-state index contributed by atoms with van der Waals surface area (Å²) < 4.78 is 5.79. The third kappa shape index (κ3) is 4.39. The van der Waals surface area contributed by atoms with Gasteiger partial charge in [0.05, 0.1) is 17.9 Å². The number of ether oxygens (including phenoxy) is 1. The number of anilines is 2. The Hall–Kier alpha value is -2.80. The minimum Gasteiger partial charge on any atom is -0.491 e. The van der Waals surface area contributed by atoms with Crippen molar-refractivity contribution in [3.63, 3.8) is 0 Å². The molecule has 2 aliphatic rings. The Bertz CT molecular complexity index is 1050. The Morgan fingerprint density at radius 1 is 0.875 bits per heavy atom. The SMILES string of the molecule is O=C(CN1CCC(O)(COc2ccccc2)CC1)N1c2ccccc2Sc2ccccc21. The Kier molecular flexibility index (Phi) is 5.91. The summed E-state index contributed by atoms with van der Waals surface area (Å²) in [6, 6.07) is 25.7. The van der Waals surface area contributed by atoms with Gasteiger partial charge in [0.1, 0.15) is 18.0 Å². The molecular formula is C26H26N2O3S. The number of fused-ring (bicyclic) bond motifs is 2. The molecule has 6 heteroatoms. The predicted molar refractivity (Wildman–Crippen MR) is 127 cm³/mol. The van der Waals surface area contributed by atoms with Crippen LogP contribution < -0.4 is 9.64 Å². The Labute approximate surface area is 192 Å². The minimum absolute atomic E-state index is 0.0520. The molecule has 1 N–H and O–H groups in total. The normalized spacial score (nSPS) is 17.3. The zero-order valence-corrected chi connectivity index (χ0v) is 18.6. The van der Waals surface area contributed by atoms with Gasteiger partial charge in [-0.05, 0) is 49.2 Å². The molecule has 5 nitrogen and oxygen atoms in total. The molecule has 1 fully saturated rings. The van der Waals surface area contributed by atoms with Crippen LogP contribution in [0.25, 0.3) is 0 Å². The van der Waals surface area contributed by atoms with E-state index in [0.29, 0.717) is 32.5 Å². The lowest BCUT2D eigenvalue weighted by Gasteiger charge is -2.39. The average molecular weight is 447 g/mol. The highest BCUT2D eigenvalue weighted by atomic mass is 32.2. The van der Waals surface area contributed by atoms with Crippen LogP contribution in [0, 0.1) is 0 Å². The first-order valence-electron chi connectivity index (χ1n) is 10.9. The van der Waals surface area contributed by atoms with E-state index < -0.39 is 5.60 Å². The van der Waals surface area contributed by atoms with Crippen LogP contribution in [0.1, 0.15) is 12.8 Å². The molecule has 0 aliphatic carbocycles. The number of carbonyl (C=O) groups is 1. The van der Waals surface area contributed by atoms with Gasteiger partial charge in [-0.15, -0.1) is 0 Å². The quantitative estimate of drug-likeness (QED) is 0.615. The molecule has 5 rings (SSSR count). The van der Waals surface area contributed by atoms with Gasteiger partial charge in [0.15, 0.2) is 0 Å². The van der Waals surface area contributed by atoms with Crippen LogP contribution in [0.2, 0.25) is 0 Å². The van der Waals surface area contributed by atoms with Gasteiger partial charge in [0, 0.05) is 22.9 Å². The molecule has 0 atom stereocenters. The van der Waals surface area contributed by atoms with Gasteiger partial charge < -0.3 is 9.84 Å². The first kappa shape index (κ1) is 21.1. The van der Waals surface area contributed by atoms with Crippen LogP contribution >= 0.6 is 11.8 Å². The molecule has 1 amide bonds. The fourth-order valence-corrected chi connectivity index (χ4v) is 5.30. The van der Waals surface area contributed by atoms with Crippen molar-refractivity contribution < 1.29 is 14.6 Å². The lowest BCUT2D eigenvalue weighted by molar-refractivity contribution is -0.120. The summed E-state index contributed by atoms with van der Waals surface area (Å²) in [5.41, 5.74) is 1.01. The minimum atomic E-state index is -0.865. The number of aliphatic hydroxyl groups is 1. The third-order valence-corrected chi connectivity index (χ3v) is 7.21. The summed E-state index contributed by atoms with van der Waals surface area (Å²) in [4.78, 5) is 19.6. The van der Waals surface area contributed by atoms with Crippen molar-refractivity contribution in [3.8, 4) is 5.75 Å². The molecule has 0 spiro atoms. The Morgan fingerprint density at radius 3 is 2.06 bits per heavy atom. The molecular weight excluding hydrogens is 420 g/mol. The monoisotopic (exact) mass is 446 g/mol. The van der Waals surface area contributed by atoms with Crippen molar-refractivity contribution in [1.29, 1.82) is 0 Å². The number of hydrogen-bond donors (Lipinski definition) is 1. The Morgan fingerprint density at radius 2 is 1.44 bits per heavy atom. The van der Waals surface area contributed by atoms with Crippen LogP contribution in [0.4, 0.5) is 11.4 Å². The first-order chi connectivity index (χ1) is 15.6. The van der Waals surface area contributed by atoms with E-state index in [4.69, 9.17) is 4.74 Å². The number of piperidine rings is 1. The van der Waals surface area contributed by atoms with E-state index in [1.165, 1.54) is 0 Å². The Balaban J connectivity index is 1.24. The molecule has 0 bridgehead atoms. The molecule has 164 valence electrons. The number of hydrogen-bond acceptors (Lipinski definition) is 5. The highest BCUT2D eigenvalue weighted by Gasteiger charge is 2.35. The van der Waals surface area contributed by atoms with Gasteiger partial charge in [-0.3, -0.25) is 14.6 Å². The van der Waals surface area contributed by atoms with Crippen molar-refractivity contribution in [2.24, 2.45) is 0 Å². The van der Waals surface area contributed by atoms with E-state index in [1.807, 2.05) is 71.6 Å². The fourth-order valence-electron chi connectivity index (χ4n) is 4.24. The maximum absolute atomic E-state index is 13.5. The zero-order valence-electron chi connectivity index (χ0n) is 17.8. The summed E-state index contributed by atoms with van der Waals surface area (Å²) in [5.74, 6) is 0.815. The second-order valence-electron chi connectivity index (χ2n) is 8.37. The number of nitrogens with zero attached hydrogens (tertiary/aromatic N) is 2. The van der Waals surface area contributed by atoms with Gasteiger partial charge in [0.2, 0.25) is 5.91 Å². The highest BCUT2D eigenvalue weighted by molar-refractivity contribution is 7.99. The number of benzene rings is 3. The number of likely N-dealkylation sites (tertiary alicyclic amines) is 1. The van der Waals surface area contributed by atoms with Crippen LogP contribution in [0.15, 0.2) is 88.7 Å². The van der Waals surface area contributed by atoms with Gasteiger partial charge >= 0.3 is 0 Å². The maximum atomic E-state index is 13.5. The summed E-state index contributed by atoms with van der Waals surface area (Å²) in [7, 11) is 0. The van der Waals surface area contributed by atoms with Gasteiger partial charge in [-0.2, -0.15) is 0 Å². The molecule has 0 saturated carbocycles. The van der Waals surface area contributed by atoms with Crippen molar-refractivity contribution >= 4 is 29.0 Å². The third-order valence-electron chi connectivity index (χ3n) is 6.08. The van der Waals surface area contributed by atoms with Gasteiger partial charge in [-0.1, -0.05) is 54.2 Å². The number of carbonyl (C=O) groups excluding carboxylic acids is 1. The van der Waals surface area contributed by atoms with E-state index in [1.54, 1.807) is 11.8 Å². The molecule has 0 radical (unpaired) electrons. The largest absolute Gasteiger partial charge is 0.491 e. The van der Waals surface area contributed by atoms with E-state index in [-0.39, 0.29) is 12.5 Å². The standard InChI is InChI=1S/C26H26N2O3S/c29-25(28-21-10-4-6-12-23(21)32-24-13-7-5-11-22(24)28)18-27-16-14-26(30,15-17-27)19-31-20-8-2-1-3-9-20/h1-13,30H,14-19H2. The average Bonchev–Trinajstić information content (AvgIpc) is 2.83. The lowest BCUT2D eigenvalue weighted by atomic mass is 9.92. The molecule has 3 aromatic carbocycles. The van der Waals surface area contributed by atoms with Crippen molar-refractivity contribution in [3.05, 3.63) is 78.9 Å². The van der Waals surface area contributed by atoms with Crippen LogP contribution in [0.3, 0.4) is 0 Å². The fraction of sp³-hybridized carbons (Fsp3) is 0.269. The number of para-hydroxylation sites is 3. The maximum Gasteiger partial charge on any atom is 0.245 e. The van der Waals surface area contributed by atoms with Gasteiger partial charge in [0.25, 0.3) is 0 Å². The molecule has 3 aromatic rings. The summed E-state index contributed by atoms with van der Waals surface area (Å²) in [6.45, 7) is 1.91. The lowest BCUT2D eigenvalue weighted by Crippen LogP contribution is -2.50. The number of amides is 1. The van der Waals surface area contributed by atoms with Crippen molar-refractivity contribution in [1.82, 2.24) is 4.90 Å². The van der Waals surface area contributed by atoms with E-state index in [9.17, 15) is 9.90 Å². The predicted octanol–water partition coefficient (Wildman–Crippen LogP) is 4.72. The number of rotatable bonds is 5. The molecule has 1 saturated heterocycles. The van der Waals surface area contributed by atoms with Crippen LogP contribution in [-0.2, 0) is 4.79 Å². The second-order valence-corrected chi connectivity index (χ2v) is 9.45. The van der Waals surface area contributed by atoms with E-state index in [0.717, 1.165) is 26.9 Å². The molecule has 0 unspecified atom stereocenters. The second kappa shape index (κ2) is 8.98. The van der Waals surface area contributed by atoms with Crippen molar-refractivity contribution in [2.75, 3.05) is 31.1 Å². The van der Waals surface area contributed by atoms with Gasteiger partial charge in [-0.25, -0.2) is 0 Å². The van der Waals surface area contributed by atoms with E-state index in [2.05, 4.69) is 17.0 Å². The van der Waals surface area contributed by atoms with E-state index >= 15 is 0 Å². The first-order valence-corrected chi connectivity index (χ1v) is 11.7. The molecule has 32 heavy (non-hydrogen) atoms. The van der Waals surface area contributed by atoms with Crippen molar-refractivity contribution in [2.45, 2.75) is 28.2 Å². The molecule has 2 heterocycles. The molecule has 2 aliphatic heterocycles.